The topological polar surface area (TPSA) is 86.6 Å². The molecule has 2 heterocycles. The molecular formula is C20H18N4O2S. The predicted octanol–water partition coefficient (Wildman–Crippen LogP) is 2.32. The summed E-state index contributed by atoms with van der Waals surface area (Å²) in [5.74, 6) is 0.0941. The van der Waals surface area contributed by atoms with Crippen LogP contribution >= 0.6 is 11.3 Å². The van der Waals surface area contributed by atoms with Crippen molar-refractivity contribution in [2.45, 2.75) is 12.5 Å². The van der Waals surface area contributed by atoms with Gasteiger partial charge in [-0.1, -0.05) is 36.4 Å². The van der Waals surface area contributed by atoms with E-state index in [0.717, 1.165) is 21.3 Å². The van der Waals surface area contributed by atoms with Crippen LogP contribution < -0.4 is 10.6 Å². The lowest BCUT2D eigenvalue weighted by Gasteiger charge is -2.12. The number of thiazole rings is 1. The van der Waals surface area contributed by atoms with Gasteiger partial charge in [-0.05, 0) is 29.3 Å². The van der Waals surface area contributed by atoms with Crippen molar-refractivity contribution in [1.29, 1.82) is 0 Å². The molecule has 0 spiro atoms. The predicted molar refractivity (Wildman–Crippen MR) is 107 cm³/mol. The van der Waals surface area contributed by atoms with Crippen molar-refractivity contribution in [2.24, 2.45) is 4.99 Å². The second-order valence-corrected chi connectivity index (χ2v) is 7.13. The van der Waals surface area contributed by atoms with E-state index in [2.05, 4.69) is 20.6 Å². The molecular weight excluding hydrogens is 360 g/mol. The first-order chi connectivity index (χ1) is 13.2. The van der Waals surface area contributed by atoms with Gasteiger partial charge in [0.25, 0.3) is 5.91 Å². The van der Waals surface area contributed by atoms with E-state index in [1.807, 2.05) is 48.5 Å². The summed E-state index contributed by atoms with van der Waals surface area (Å²) >= 11 is 1.56. The van der Waals surface area contributed by atoms with Crippen LogP contribution in [-0.4, -0.2) is 34.6 Å². The van der Waals surface area contributed by atoms with Gasteiger partial charge in [-0.3, -0.25) is 10.1 Å². The smallest absolute Gasteiger partial charge is 0.276 e. The van der Waals surface area contributed by atoms with Gasteiger partial charge in [0.05, 0.1) is 21.8 Å². The first-order valence-electron chi connectivity index (χ1n) is 8.58. The van der Waals surface area contributed by atoms with Crippen LogP contribution in [0.3, 0.4) is 0 Å². The number of hydrogen-bond acceptors (Lipinski definition) is 6. The van der Waals surface area contributed by atoms with Gasteiger partial charge in [-0.15, -0.1) is 11.3 Å². The minimum atomic E-state index is -0.575. The van der Waals surface area contributed by atoms with Crippen LogP contribution in [0.2, 0.25) is 0 Å². The number of amides is 1. The van der Waals surface area contributed by atoms with Crippen molar-refractivity contribution in [3.8, 4) is 0 Å². The van der Waals surface area contributed by atoms with Gasteiger partial charge in [0.2, 0.25) is 5.96 Å². The Morgan fingerprint density at radius 3 is 2.93 bits per heavy atom. The second-order valence-electron chi connectivity index (χ2n) is 6.25. The van der Waals surface area contributed by atoms with Gasteiger partial charge < -0.3 is 10.4 Å². The lowest BCUT2D eigenvalue weighted by atomic mass is 10.1. The number of aliphatic imine (C=N–C) groups is 1. The molecule has 1 atom stereocenters. The van der Waals surface area contributed by atoms with Crippen LogP contribution in [0.1, 0.15) is 11.1 Å². The van der Waals surface area contributed by atoms with Gasteiger partial charge in [-0.2, -0.15) is 0 Å². The Morgan fingerprint density at radius 2 is 2.07 bits per heavy atom. The Kier molecular flexibility index (Phi) is 4.95. The van der Waals surface area contributed by atoms with E-state index in [9.17, 15) is 9.90 Å². The van der Waals surface area contributed by atoms with Crippen molar-refractivity contribution in [2.75, 3.05) is 6.54 Å². The second kappa shape index (κ2) is 7.69. The maximum Gasteiger partial charge on any atom is 0.276 e. The minimum Gasteiger partial charge on any atom is -0.391 e. The quantitative estimate of drug-likeness (QED) is 0.595. The highest BCUT2D eigenvalue weighted by atomic mass is 32.1. The third-order valence-corrected chi connectivity index (χ3v) is 4.97. The molecule has 7 heteroatoms. The molecule has 136 valence electrons. The molecule has 6 nitrogen and oxygen atoms in total. The van der Waals surface area contributed by atoms with Gasteiger partial charge in [0.1, 0.15) is 5.70 Å². The van der Waals surface area contributed by atoms with E-state index in [1.54, 1.807) is 22.9 Å². The average molecular weight is 378 g/mol. The van der Waals surface area contributed by atoms with E-state index < -0.39 is 6.10 Å². The Hall–Kier alpha value is -3.03. The highest BCUT2D eigenvalue weighted by Crippen LogP contribution is 2.21. The summed E-state index contributed by atoms with van der Waals surface area (Å²) in [7, 11) is 0. The minimum absolute atomic E-state index is 0.264. The zero-order valence-corrected chi connectivity index (χ0v) is 15.2. The molecule has 3 N–H and O–H groups in total. The van der Waals surface area contributed by atoms with Gasteiger partial charge >= 0.3 is 0 Å². The Labute approximate surface area is 160 Å². The third kappa shape index (κ3) is 4.21. The van der Waals surface area contributed by atoms with Crippen LogP contribution in [0.4, 0.5) is 0 Å². The number of aliphatic hydroxyl groups excluding tert-OH is 1. The Balaban J connectivity index is 1.40. The van der Waals surface area contributed by atoms with Gasteiger partial charge in [0.15, 0.2) is 0 Å². The first kappa shape index (κ1) is 17.4. The molecule has 0 fully saturated rings. The fourth-order valence-electron chi connectivity index (χ4n) is 2.84. The molecule has 1 aliphatic rings. The normalized spacial score (nSPS) is 16.4. The maximum absolute atomic E-state index is 12.1. The Morgan fingerprint density at radius 1 is 1.22 bits per heavy atom. The molecule has 1 aromatic heterocycles. The number of fused-ring (bicyclic) bond motifs is 1. The molecule has 1 aliphatic heterocycles. The van der Waals surface area contributed by atoms with E-state index >= 15 is 0 Å². The molecule has 0 bridgehead atoms. The van der Waals surface area contributed by atoms with E-state index in [4.69, 9.17) is 0 Å². The maximum atomic E-state index is 12.1. The fourth-order valence-corrected chi connectivity index (χ4v) is 3.57. The zero-order valence-electron chi connectivity index (χ0n) is 14.4. The van der Waals surface area contributed by atoms with Crippen LogP contribution in [-0.2, 0) is 11.2 Å². The third-order valence-electron chi connectivity index (χ3n) is 4.17. The average Bonchev–Trinajstić information content (AvgIpc) is 3.27. The van der Waals surface area contributed by atoms with Crippen LogP contribution in [0, 0.1) is 0 Å². The molecule has 0 saturated heterocycles. The molecule has 4 rings (SSSR count). The van der Waals surface area contributed by atoms with Crippen LogP contribution in [0.25, 0.3) is 16.3 Å². The summed E-state index contributed by atoms with van der Waals surface area (Å²) in [6, 6.07) is 15.6. The van der Waals surface area contributed by atoms with Gasteiger partial charge in [0, 0.05) is 13.0 Å². The summed E-state index contributed by atoms with van der Waals surface area (Å²) in [6.07, 6.45) is 1.70. The lowest BCUT2D eigenvalue weighted by Crippen LogP contribution is -2.40. The number of guanidine groups is 1. The van der Waals surface area contributed by atoms with Crippen molar-refractivity contribution >= 4 is 39.5 Å². The van der Waals surface area contributed by atoms with Crippen LogP contribution in [0.5, 0.6) is 0 Å². The van der Waals surface area contributed by atoms with E-state index in [0.29, 0.717) is 24.6 Å². The SMILES string of the molecule is O=C1NC(NCC(O)Cc2ccccc2)=N/C1=C\c1ccc2ncsc2c1. The summed E-state index contributed by atoms with van der Waals surface area (Å²) < 4.78 is 1.06. The number of aromatic nitrogens is 1. The molecule has 0 aliphatic carbocycles. The fraction of sp³-hybridized carbons (Fsp3) is 0.150. The first-order valence-corrected chi connectivity index (χ1v) is 9.46. The zero-order chi connectivity index (χ0) is 18.6. The standard InChI is InChI=1S/C20H18N4O2S/c25-15(8-13-4-2-1-3-5-13)11-21-20-23-17(19(26)24-20)9-14-6-7-16-18(10-14)27-12-22-16/h1-7,9-10,12,15,25H,8,11H2,(H2,21,23,24,26)/b17-9-. The molecule has 0 saturated carbocycles. The molecule has 2 aromatic carbocycles. The number of carbonyl (C=O) groups is 1. The summed E-state index contributed by atoms with van der Waals surface area (Å²) in [5.41, 5.74) is 5.02. The highest BCUT2D eigenvalue weighted by Gasteiger charge is 2.20. The number of nitrogens with zero attached hydrogens (tertiary/aromatic N) is 2. The van der Waals surface area contributed by atoms with Crippen molar-refractivity contribution in [3.63, 3.8) is 0 Å². The monoisotopic (exact) mass is 378 g/mol. The summed E-state index contributed by atoms with van der Waals surface area (Å²) in [5, 5.41) is 15.8. The number of nitrogens with one attached hydrogen (secondary N) is 2. The number of benzene rings is 2. The van der Waals surface area contributed by atoms with Crippen molar-refractivity contribution in [1.82, 2.24) is 15.6 Å². The number of aliphatic hydroxyl groups is 1. The molecule has 0 radical (unpaired) electrons. The number of rotatable bonds is 5. The molecule has 3 aromatic rings. The van der Waals surface area contributed by atoms with Crippen molar-refractivity contribution < 1.29 is 9.90 Å². The molecule has 1 amide bonds. The van der Waals surface area contributed by atoms with Crippen molar-refractivity contribution in [3.05, 3.63) is 70.9 Å². The molecule has 27 heavy (non-hydrogen) atoms. The van der Waals surface area contributed by atoms with E-state index in [-0.39, 0.29) is 5.91 Å². The lowest BCUT2D eigenvalue weighted by molar-refractivity contribution is -0.115. The number of carbonyl (C=O) groups excluding carboxylic acids is 1. The number of hydrogen-bond donors (Lipinski definition) is 3. The van der Waals surface area contributed by atoms with Crippen LogP contribution in [0.15, 0.2) is 64.7 Å². The molecule has 1 unspecified atom stereocenters. The largest absolute Gasteiger partial charge is 0.391 e. The summed E-state index contributed by atoms with van der Waals surface area (Å²) in [6.45, 7) is 0.300. The summed E-state index contributed by atoms with van der Waals surface area (Å²) in [4.78, 5) is 20.7. The van der Waals surface area contributed by atoms with Gasteiger partial charge in [-0.25, -0.2) is 9.98 Å². The highest BCUT2D eigenvalue weighted by molar-refractivity contribution is 7.16. The van der Waals surface area contributed by atoms with E-state index in [1.165, 1.54) is 0 Å². The Bertz CT molecular complexity index is 1030.